The SMILES string of the molecule is O=P(O)(O)C(O)(Cc1c(Cl)cccc1Cl)P(=O)(O)O. The van der Waals surface area contributed by atoms with E-state index in [-0.39, 0.29) is 15.6 Å². The average molecular weight is 351 g/mol. The molecule has 0 unspecified atom stereocenters. The van der Waals surface area contributed by atoms with E-state index >= 15 is 0 Å². The Kier molecular flexibility index (Phi) is 4.91. The fraction of sp³-hybridized carbons (Fsp3) is 0.250. The lowest BCUT2D eigenvalue weighted by molar-refractivity contribution is 0.131. The third kappa shape index (κ3) is 3.39. The van der Waals surface area contributed by atoms with Gasteiger partial charge in [0.15, 0.2) is 0 Å². The van der Waals surface area contributed by atoms with Gasteiger partial charge in [-0.1, -0.05) is 29.3 Å². The second kappa shape index (κ2) is 5.45. The van der Waals surface area contributed by atoms with Crippen molar-refractivity contribution in [3.05, 3.63) is 33.8 Å². The molecule has 0 radical (unpaired) electrons. The highest BCUT2D eigenvalue weighted by atomic mass is 35.5. The maximum atomic E-state index is 11.2. The Bertz CT molecular complexity index is 536. The van der Waals surface area contributed by atoms with Gasteiger partial charge in [-0.2, -0.15) is 0 Å². The first-order valence-electron chi connectivity index (χ1n) is 4.67. The fourth-order valence-corrected chi connectivity index (χ4v) is 3.93. The summed E-state index contributed by atoms with van der Waals surface area (Å²) in [4.78, 5) is 36.0. The minimum Gasteiger partial charge on any atom is -0.367 e. The standard InChI is InChI=1S/C8H10Cl2O7P2/c9-6-2-1-3-7(10)5(6)4-8(11,18(12,13)14)19(15,16)17/h1-3,11H,4H2,(H2,12,13,14)(H2,15,16,17). The number of rotatable bonds is 4. The van der Waals surface area contributed by atoms with Gasteiger partial charge < -0.3 is 24.7 Å². The van der Waals surface area contributed by atoms with E-state index in [1.807, 2.05) is 0 Å². The molecule has 0 saturated carbocycles. The molecule has 0 bridgehead atoms. The van der Waals surface area contributed by atoms with Crippen molar-refractivity contribution in [3.63, 3.8) is 0 Å². The topological polar surface area (TPSA) is 135 Å². The van der Waals surface area contributed by atoms with E-state index in [1.165, 1.54) is 18.2 Å². The smallest absolute Gasteiger partial charge is 0.367 e. The van der Waals surface area contributed by atoms with Crippen LogP contribution in [0.1, 0.15) is 5.56 Å². The summed E-state index contributed by atoms with van der Waals surface area (Å²) in [5.74, 6) is 0. The highest BCUT2D eigenvalue weighted by Gasteiger charge is 2.59. The van der Waals surface area contributed by atoms with Gasteiger partial charge >= 0.3 is 15.2 Å². The zero-order valence-corrected chi connectivity index (χ0v) is 12.4. The highest BCUT2D eigenvalue weighted by molar-refractivity contribution is 7.72. The van der Waals surface area contributed by atoms with Crippen LogP contribution in [0.3, 0.4) is 0 Å². The molecular formula is C8H10Cl2O7P2. The van der Waals surface area contributed by atoms with Gasteiger partial charge in [-0.25, -0.2) is 0 Å². The Hall–Kier alpha value is 0.0600. The van der Waals surface area contributed by atoms with Gasteiger partial charge in [0.25, 0.3) is 5.08 Å². The van der Waals surface area contributed by atoms with Crippen molar-refractivity contribution < 1.29 is 33.8 Å². The van der Waals surface area contributed by atoms with Gasteiger partial charge in [-0.3, -0.25) is 9.13 Å². The molecule has 0 spiro atoms. The van der Waals surface area contributed by atoms with Crippen molar-refractivity contribution in [2.75, 3.05) is 0 Å². The third-order valence-corrected chi connectivity index (χ3v) is 6.86. The lowest BCUT2D eigenvalue weighted by Crippen LogP contribution is -2.31. The number of hydrogen-bond acceptors (Lipinski definition) is 3. The minimum absolute atomic E-state index is 0.0761. The molecule has 1 rings (SSSR count). The summed E-state index contributed by atoms with van der Waals surface area (Å²) in [5, 5.41) is 6.02. The van der Waals surface area contributed by atoms with Crippen LogP contribution in [0.4, 0.5) is 0 Å². The van der Waals surface area contributed by atoms with E-state index in [1.54, 1.807) is 0 Å². The Balaban J connectivity index is 3.41. The lowest BCUT2D eigenvalue weighted by Gasteiger charge is -2.29. The predicted molar refractivity (Wildman–Crippen MR) is 69.2 cm³/mol. The second-order valence-electron chi connectivity index (χ2n) is 3.74. The molecule has 1 aromatic carbocycles. The maximum Gasteiger partial charge on any atom is 0.369 e. The molecule has 0 atom stereocenters. The van der Waals surface area contributed by atoms with Gasteiger partial charge in [0, 0.05) is 16.5 Å². The van der Waals surface area contributed by atoms with E-state index in [0.29, 0.717) is 0 Å². The van der Waals surface area contributed by atoms with Crippen molar-refractivity contribution in [2.24, 2.45) is 0 Å². The Labute approximate surface area is 118 Å². The van der Waals surface area contributed by atoms with Crippen molar-refractivity contribution in [1.82, 2.24) is 0 Å². The zero-order chi connectivity index (χ0) is 15.1. The first kappa shape index (κ1) is 17.1. The van der Waals surface area contributed by atoms with Crippen LogP contribution < -0.4 is 0 Å². The Morgan fingerprint density at radius 1 is 1.00 bits per heavy atom. The second-order valence-corrected chi connectivity index (χ2v) is 8.56. The van der Waals surface area contributed by atoms with E-state index in [2.05, 4.69) is 0 Å². The summed E-state index contributed by atoms with van der Waals surface area (Å²) in [6.07, 6.45) is -1.08. The van der Waals surface area contributed by atoms with Gasteiger partial charge in [-0.05, 0) is 17.7 Å². The molecule has 0 saturated heterocycles. The molecule has 0 fully saturated rings. The first-order chi connectivity index (χ1) is 8.40. The van der Waals surface area contributed by atoms with Crippen LogP contribution in [-0.2, 0) is 15.6 Å². The van der Waals surface area contributed by atoms with E-state index in [4.69, 9.17) is 42.8 Å². The van der Waals surface area contributed by atoms with Crippen LogP contribution in [0.25, 0.3) is 0 Å². The molecular weight excluding hydrogens is 341 g/mol. The molecule has 0 amide bonds. The van der Waals surface area contributed by atoms with Gasteiger partial charge in [0.1, 0.15) is 0 Å². The summed E-state index contributed by atoms with van der Waals surface area (Å²) in [6.45, 7) is 0. The predicted octanol–water partition coefficient (Wildman–Crippen LogP) is 1.54. The van der Waals surface area contributed by atoms with Crippen LogP contribution in [0, 0.1) is 0 Å². The van der Waals surface area contributed by atoms with Crippen molar-refractivity contribution in [3.8, 4) is 0 Å². The number of hydrogen-bond donors (Lipinski definition) is 5. The largest absolute Gasteiger partial charge is 0.369 e. The van der Waals surface area contributed by atoms with Crippen molar-refractivity contribution >= 4 is 38.4 Å². The molecule has 0 aliphatic heterocycles. The molecule has 5 N–H and O–H groups in total. The summed E-state index contributed by atoms with van der Waals surface area (Å²) < 4.78 is 22.4. The third-order valence-electron chi connectivity index (χ3n) is 2.41. The molecule has 7 nitrogen and oxygen atoms in total. The number of halogens is 2. The normalized spacial score (nSPS) is 13.6. The summed E-state index contributed by atoms with van der Waals surface area (Å²) in [6, 6.07) is 4.05. The number of aliphatic hydroxyl groups is 1. The van der Waals surface area contributed by atoms with Crippen LogP contribution >= 0.6 is 38.4 Å². The minimum atomic E-state index is -5.54. The summed E-state index contributed by atoms with van der Waals surface area (Å²) >= 11 is 11.5. The molecule has 0 heterocycles. The molecule has 19 heavy (non-hydrogen) atoms. The highest BCUT2D eigenvalue weighted by Crippen LogP contribution is 2.68. The zero-order valence-electron chi connectivity index (χ0n) is 9.14. The lowest BCUT2D eigenvalue weighted by atomic mass is 10.1. The Morgan fingerprint density at radius 3 is 1.68 bits per heavy atom. The van der Waals surface area contributed by atoms with Crippen LogP contribution in [0.2, 0.25) is 10.0 Å². The van der Waals surface area contributed by atoms with E-state index in [9.17, 15) is 14.2 Å². The van der Waals surface area contributed by atoms with Crippen LogP contribution in [0.5, 0.6) is 0 Å². The monoisotopic (exact) mass is 350 g/mol. The summed E-state index contributed by atoms with van der Waals surface area (Å²) in [5.41, 5.74) is -0.167. The molecule has 0 aliphatic rings. The van der Waals surface area contributed by atoms with Crippen molar-refractivity contribution in [1.29, 1.82) is 0 Å². The molecule has 108 valence electrons. The van der Waals surface area contributed by atoms with E-state index in [0.717, 1.165) is 0 Å². The summed E-state index contributed by atoms with van der Waals surface area (Å²) in [7, 11) is -11.1. The van der Waals surface area contributed by atoms with Gasteiger partial charge in [0.05, 0.1) is 0 Å². The quantitative estimate of drug-likeness (QED) is 0.519. The molecule has 11 heteroatoms. The first-order valence-corrected chi connectivity index (χ1v) is 8.65. The Morgan fingerprint density at radius 2 is 1.37 bits per heavy atom. The molecule has 1 aromatic rings. The van der Waals surface area contributed by atoms with Crippen LogP contribution in [-0.4, -0.2) is 29.8 Å². The molecule has 0 aliphatic carbocycles. The van der Waals surface area contributed by atoms with Gasteiger partial charge in [0.2, 0.25) is 0 Å². The van der Waals surface area contributed by atoms with Crippen LogP contribution in [0.15, 0.2) is 18.2 Å². The average Bonchev–Trinajstić information content (AvgIpc) is 2.20. The van der Waals surface area contributed by atoms with Gasteiger partial charge in [-0.15, -0.1) is 0 Å². The molecule has 0 aromatic heterocycles. The number of benzene rings is 1. The van der Waals surface area contributed by atoms with Crippen molar-refractivity contribution in [2.45, 2.75) is 11.5 Å². The fourth-order valence-electron chi connectivity index (χ4n) is 1.31. The van der Waals surface area contributed by atoms with E-state index < -0.39 is 26.7 Å². The maximum absolute atomic E-state index is 11.2.